The number of hydrogen-bond donors (Lipinski definition) is 0. The summed E-state index contributed by atoms with van der Waals surface area (Å²) in [6.07, 6.45) is 4.59. The minimum atomic E-state index is -0.322. The van der Waals surface area contributed by atoms with Gasteiger partial charge >= 0.3 is 5.97 Å². The van der Waals surface area contributed by atoms with E-state index in [1.165, 1.54) is 7.11 Å². The third-order valence-electron chi connectivity index (χ3n) is 2.44. The molecule has 1 aromatic rings. The zero-order chi connectivity index (χ0) is 10.7. The van der Waals surface area contributed by atoms with Crippen LogP contribution in [0.4, 0.5) is 0 Å². The zero-order valence-corrected chi connectivity index (χ0v) is 8.60. The van der Waals surface area contributed by atoms with E-state index in [9.17, 15) is 4.79 Å². The first-order chi connectivity index (χ1) is 7.29. The van der Waals surface area contributed by atoms with Gasteiger partial charge in [0.15, 0.2) is 0 Å². The summed E-state index contributed by atoms with van der Waals surface area (Å²) in [5.74, 6) is 0.473. The van der Waals surface area contributed by atoms with Gasteiger partial charge in [0.1, 0.15) is 11.9 Å². The molecular weight excluding hydrogens is 192 g/mol. The maximum atomic E-state index is 11.1. The summed E-state index contributed by atoms with van der Waals surface area (Å²) >= 11 is 0. The van der Waals surface area contributed by atoms with Crippen LogP contribution in [0.25, 0.3) is 0 Å². The fourth-order valence-corrected chi connectivity index (χ4v) is 1.37. The van der Waals surface area contributed by atoms with Gasteiger partial charge in [-0.1, -0.05) is 0 Å². The van der Waals surface area contributed by atoms with E-state index in [1.54, 1.807) is 24.3 Å². The molecule has 0 amide bonds. The molecule has 0 aromatic heterocycles. The Hall–Kier alpha value is -1.51. The second-order valence-electron chi connectivity index (χ2n) is 3.49. The van der Waals surface area contributed by atoms with Gasteiger partial charge in [0.05, 0.1) is 12.7 Å². The van der Waals surface area contributed by atoms with Crippen LogP contribution in [0.2, 0.25) is 0 Å². The first-order valence-electron chi connectivity index (χ1n) is 4.98. The van der Waals surface area contributed by atoms with Crippen LogP contribution in [0, 0.1) is 6.42 Å². The summed E-state index contributed by atoms with van der Waals surface area (Å²) in [5.41, 5.74) is 0.544. The van der Waals surface area contributed by atoms with E-state index in [0.717, 1.165) is 18.6 Å². The van der Waals surface area contributed by atoms with Gasteiger partial charge in [-0.25, -0.2) is 4.79 Å². The molecule has 1 saturated carbocycles. The van der Waals surface area contributed by atoms with Gasteiger partial charge < -0.3 is 9.47 Å². The summed E-state index contributed by atoms with van der Waals surface area (Å²) in [4.78, 5) is 11.1. The average Bonchev–Trinajstić information content (AvgIpc) is 2.23. The van der Waals surface area contributed by atoms with Crippen molar-refractivity contribution in [1.82, 2.24) is 0 Å². The predicted octanol–water partition coefficient (Wildman–Crippen LogP) is 2.22. The third kappa shape index (κ3) is 2.29. The molecule has 1 fully saturated rings. The standard InChI is InChI=1S/C12H13O3/c1-14-12(13)9-5-7-11(8-6-9)15-10-3-2-4-10/h3,5-8,10H,2,4H2,1H3. The normalized spacial score (nSPS) is 15.5. The molecule has 1 atom stereocenters. The lowest BCUT2D eigenvalue weighted by Gasteiger charge is -2.25. The van der Waals surface area contributed by atoms with E-state index in [4.69, 9.17) is 4.74 Å². The van der Waals surface area contributed by atoms with Crippen LogP contribution >= 0.6 is 0 Å². The first-order valence-corrected chi connectivity index (χ1v) is 4.98. The average molecular weight is 205 g/mol. The van der Waals surface area contributed by atoms with Crippen molar-refractivity contribution in [1.29, 1.82) is 0 Å². The molecule has 15 heavy (non-hydrogen) atoms. The molecule has 1 unspecified atom stereocenters. The largest absolute Gasteiger partial charge is 0.490 e. The highest BCUT2D eigenvalue weighted by Crippen LogP contribution is 2.24. The van der Waals surface area contributed by atoms with Crippen molar-refractivity contribution >= 4 is 5.97 Å². The van der Waals surface area contributed by atoms with Crippen molar-refractivity contribution in [2.24, 2.45) is 0 Å². The number of carbonyl (C=O) groups is 1. The Morgan fingerprint density at radius 2 is 2.00 bits per heavy atom. The van der Waals surface area contributed by atoms with Crippen LogP contribution in [0.15, 0.2) is 24.3 Å². The molecule has 1 aromatic carbocycles. The molecule has 0 saturated heterocycles. The number of benzene rings is 1. The Balaban J connectivity index is 1.99. The maximum Gasteiger partial charge on any atom is 0.337 e. The highest BCUT2D eigenvalue weighted by atomic mass is 16.5. The monoisotopic (exact) mass is 205 g/mol. The van der Waals surface area contributed by atoms with Crippen molar-refractivity contribution in [3.63, 3.8) is 0 Å². The van der Waals surface area contributed by atoms with Crippen LogP contribution in [0.1, 0.15) is 23.2 Å². The summed E-state index contributed by atoms with van der Waals surface area (Å²) in [5, 5.41) is 0. The quantitative estimate of drug-likeness (QED) is 0.710. The third-order valence-corrected chi connectivity index (χ3v) is 2.44. The van der Waals surface area contributed by atoms with Crippen LogP contribution < -0.4 is 4.74 Å². The molecule has 0 aliphatic heterocycles. The lowest BCUT2D eigenvalue weighted by Crippen LogP contribution is -2.25. The fraction of sp³-hybridized carbons (Fsp3) is 0.333. The minimum absolute atomic E-state index is 0.244. The van der Waals surface area contributed by atoms with E-state index in [1.807, 2.05) is 0 Å². The van der Waals surface area contributed by atoms with E-state index in [-0.39, 0.29) is 12.1 Å². The Morgan fingerprint density at radius 3 is 2.47 bits per heavy atom. The molecular formula is C12H13O3. The molecule has 0 heterocycles. The van der Waals surface area contributed by atoms with E-state index < -0.39 is 0 Å². The molecule has 3 nitrogen and oxygen atoms in total. The molecule has 1 aliphatic rings. The fourth-order valence-electron chi connectivity index (χ4n) is 1.37. The van der Waals surface area contributed by atoms with Gasteiger partial charge in [-0.3, -0.25) is 0 Å². The number of carbonyl (C=O) groups excluding carboxylic acids is 1. The SMILES string of the molecule is COC(=O)c1ccc(OC2[CH]CC2)cc1. The number of ether oxygens (including phenoxy) is 2. The number of methoxy groups -OCH3 is 1. The van der Waals surface area contributed by atoms with Crippen molar-refractivity contribution < 1.29 is 14.3 Å². The van der Waals surface area contributed by atoms with Crippen LogP contribution in [0.5, 0.6) is 5.75 Å². The predicted molar refractivity (Wildman–Crippen MR) is 55.7 cm³/mol. The summed E-state index contributed by atoms with van der Waals surface area (Å²) in [6.45, 7) is 0. The van der Waals surface area contributed by atoms with Gasteiger partial charge in [-0.2, -0.15) is 0 Å². The van der Waals surface area contributed by atoms with Gasteiger partial charge in [-0.15, -0.1) is 0 Å². The van der Waals surface area contributed by atoms with Gasteiger partial charge in [-0.05, 0) is 37.1 Å². The minimum Gasteiger partial charge on any atom is -0.490 e. The Kier molecular flexibility index (Phi) is 2.90. The Labute approximate surface area is 89.0 Å². The molecule has 1 aliphatic carbocycles. The first kappa shape index (κ1) is 10.0. The Morgan fingerprint density at radius 1 is 1.33 bits per heavy atom. The molecule has 1 radical (unpaired) electrons. The lowest BCUT2D eigenvalue weighted by molar-refractivity contribution is 0.0600. The van der Waals surface area contributed by atoms with E-state index in [0.29, 0.717) is 5.56 Å². The van der Waals surface area contributed by atoms with Gasteiger partial charge in [0, 0.05) is 6.42 Å². The van der Waals surface area contributed by atoms with Crippen LogP contribution in [0.3, 0.4) is 0 Å². The molecule has 3 heteroatoms. The Bertz CT molecular complexity index is 338. The van der Waals surface area contributed by atoms with Crippen LogP contribution in [-0.2, 0) is 4.74 Å². The van der Waals surface area contributed by atoms with E-state index in [2.05, 4.69) is 11.2 Å². The lowest BCUT2D eigenvalue weighted by atomic mass is 9.96. The van der Waals surface area contributed by atoms with E-state index >= 15 is 0 Å². The van der Waals surface area contributed by atoms with Crippen LogP contribution in [-0.4, -0.2) is 19.2 Å². The molecule has 79 valence electrons. The van der Waals surface area contributed by atoms with Crippen molar-refractivity contribution in [3.8, 4) is 5.75 Å². The summed E-state index contributed by atoms with van der Waals surface area (Å²) < 4.78 is 10.2. The molecule has 0 bridgehead atoms. The van der Waals surface area contributed by atoms with Gasteiger partial charge in [0.2, 0.25) is 0 Å². The molecule has 0 spiro atoms. The topological polar surface area (TPSA) is 35.5 Å². The highest BCUT2D eigenvalue weighted by molar-refractivity contribution is 5.89. The van der Waals surface area contributed by atoms with Crippen molar-refractivity contribution in [2.45, 2.75) is 18.9 Å². The highest BCUT2D eigenvalue weighted by Gasteiger charge is 2.19. The number of rotatable bonds is 3. The summed E-state index contributed by atoms with van der Waals surface area (Å²) in [6, 6.07) is 7.00. The zero-order valence-electron chi connectivity index (χ0n) is 8.60. The second kappa shape index (κ2) is 4.34. The maximum absolute atomic E-state index is 11.1. The van der Waals surface area contributed by atoms with Gasteiger partial charge in [0.25, 0.3) is 0 Å². The summed E-state index contributed by atoms with van der Waals surface area (Å²) in [7, 11) is 1.37. The molecule has 2 rings (SSSR count). The number of hydrogen-bond acceptors (Lipinski definition) is 3. The van der Waals surface area contributed by atoms with Crippen molar-refractivity contribution in [3.05, 3.63) is 36.2 Å². The second-order valence-corrected chi connectivity index (χ2v) is 3.49. The smallest absolute Gasteiger partial charge is 0.337 e. The number of esters is 1. The van der Waals surface area contributed by atoms with Crippen molar-refractivity contribution in [2.75, 3.05) is 7.11 Å². The molecule has 0 N–H and O–H groups in total.